The zero-order chi connectivity index (χ0) is 16.1. The quantitative estimate of drug-likeness (QED) is 0.342. The van der Waals surface area contributed by atoms with E-state index in [1.54, 1.807) is 0 Å². The highest BCUT2D eigenvalue weighted by Gasteiger charge is 2.43. The fourth-order valence-corrected chi connectivity index (χ4v) is 2.41. The summed E-state index contributed by atoms with van der Waals surface area (Å²) >= 11 is 0. The molecule has 0 N–H and O–H groups in total. The van der Waals surface area contributed by atoms with Crippen LogP contribution in [0, 0.1) is 0 Å². The number of carbonyl (C=O) groups is 3. The Kier molecular flexibility index (Phi) is 4.86. The van der Waals surface area contributed by atoms with Crippen molar-refractivity contribution in [1.82, 2.24) is 4.90 Å². The Morgan fingerprint density at radius 2 is 2.05 bits per heavy atom. The minimum atomic E-state index is -0.921. The Balaban J connectivity index is 2.19. The fourth-order valence-electron chi connectivity index (χ4n) is 2.41. The number of nitrogens with zero attached hydrogens (tertiary/aromatic N) is 1. The second kappa shape index (κ2) is 6.83. The van der Waals surface area contributed by atoms with Crippen LogP contribution < -0.4 is 0 Å². The first-order valence-electron chi connectivity index (χ1n) is 6.87. The van der Waals surface area contributed by atoms with Crippen LogP contribution in [-0.4, -0.2) is 40.8 Å². The first kappa shape index (κ1) is 15.7. The van der Waals surface area contributed by atoms with Crippen LogP contribution in [0.25, 0.3) is 0 Å². The van der Waals surface area contributed by atoms with E-state index >= 15 is 0 Å². The van der Waals surface area contributed by atoms with Gasteiger partial charge in [-0.15, -0.1) is 0 Å². The van der Waals surface area contributed by atoms with Crippen LogP contribution in [-0.2, 0) is 25.5 Å². The van der Waals surface area contributed by atoms with Gasteiger partial charge in [0.2, 0.25) is 0 Å². The summed E-state index contributed by atoms with van der Waals surface area (Å²) in [6.07, 6.45) is 0.698. The van der Waals surface area contributed by atoms with Crippen molar-refractivity contribution in [2.75, 3.05) is 0 Å². The average molecular weight is 301 g/mol. The zero-order valence-corrected chi connectivity index (χ0v) is 12.0. The number of hydrogen-bond donors (Lipinski definition) is 0. The van der Waals surface area contributed by atoms with Gasteiger partial charge in [0.05, 0.1) is 12.1 Å². The Morgan fingerprint density at radius 1 is 1.36 bits per heavy atom. The lowest BCUT2D eigenvalue weighted by Gasteiger charge is -2.25. The van der Waals surface area contributed by atoms with Gasteiger partial charge in [-0.1, -0.05) is 30.3 Å². The number of rotatable bonds is 6. The third kappa shape index (κ3) is 3.30. The third-order valence-electron chi connectivity index (χ3n) is 3.57. The van der Waals surface area contributed by atoms with Crippen molar-refractivity contribution in [1.29, 1.82) is 0 Å². The van der Waals surface area contributed by atoms with E-state index in [4.69, 9.17) is 0 Å². The van der Waals surface area contributed by atoms with Crippen LogP contribution in [0.3, 0.4) is 0 Å². The molecule has 0 saturated carbocycles. The Bertz CT molecular complexity index is 633. The standard InChI is InChI=1S/C16H15NO5/c1-11-15(20)22-16(21)17(11)13(14(19)9-10-18)8-7-12-5-3-2-4-6-12/h2-6,9,11,13H,7-8H2,1H3/t11-,13-/m0/s1. The predicted octanol–water partition coefficient (Wildman–Crippen LogP) is 1.31. The van der Waals surface area contributed by atoms with Crippen LogP contribution in [0.5, 0.6) is 0 Å². The molecule has 6 nitrogen and oxygen atoms in total. The fraction of sp³-hybridized carbons (Fsp3) is 0.312. The number of ether oxygens (including phenoxy) is 1. The van der Waals surface area contributed by atoms with Crippen molar-refractivity contribution in [3.8, 4) is 0 Å². The molecule has 0 bridgehead atoms. The zero-order valence-electron chi connectivity index (χ0n) is 12.0. The smallest absolute Gasteiger partial charge is 0.375 e. The van der Waals surface area contributed by atoms with E-state index in [1.165, 1.54) is 12.9 Å². The van der Waals surface area contributed by atoms with Gasteiger partial charge < -0.3 is 4.74 Å². The summed E-state index contributed by atoms with van der Waals surface area (Å²) in [5.41, 5.74) is 0.988. The van der Waals surface area contributed by atoms with Gasteiger partial charge in [-0.25, -0.2) is 14.4 Å². The van der Waals surface area contributed by atoms with Gasteiger partial charge >= 0.3 is 12.1 Å². The second-order valence-corrected chi connectivity index (χ2v) is 4.97. The van der Waals surface area contributed by atoms with E-state index < -0.39 is 29.9 Å². The molecule has 1 heterocycles. The van der Waals surface area contributed by atoms with Crippen LogP contribution >= 0.6 is 0 Å². The number of amides is 1. The number of hydrogen-bond acceptors (Lipinski definition) is 5. The molecule has 1 aromatic carbocycles. The lowest BCUT2D eigenvalue weighted by Crippen LogP contribution is -2.46. The maximum absolute atomic E-state index is 12.1. The molecule has 1 aliphatic heterocycles. The molecule has 0 radical (unpaired) electrons. The average Bonchev–Trinajstić information content (AvgIpc) is 2.75. The van der Waals surface area contributed by atoms with E-state index in [1.807, 2.05) is 30.3 Å². The highest BCUT2D eigenvalue weighted by atomic mass is 16.6. The number of cyclic esters (lactones) is 2. The monoisotopic (exact) mass is 301 g/mol. The summed E-state index contributed by atoms with van der Waals surface area (Å²) in [5.74, 6) is 0.160. The lowest BCUT2D eigenvalue weighted by molar-refractivity contribution is -0.135. The van der Waals surface area contributed by atoms with Gasteiger partial charge in [0, 0.05) is 0 Å². The molecular formula is C16H15NO5. The van der Waals surface area contributed by atoms with E-state index in [-0.39, 0.29) is 6.42 Å². The van der Waals surface area contributed by atoms with Gasteiger partial charge in [0.25, 0.3) is 0 Å². The third-order valence-corrected chi connectivity index (χ3v) is 3.57. The van der Waals surface area contributed by atoms with Gasteiger partial charge in [-0.05, 0) is 25.3 Å². The second-order valence-electron chi connectivity index (χ2n) is 4.97. The molecule has 0 aliphatic carbocycles. The number of ketones is 1. The normalized spacial score (nSPS) is 18.6. The van der Waals surface area contributed by atoms with E-state index in [0.717, 1.165) is 16.5 Å². The van der Waals surface area contributed by atoms with Crippen LogP contribution in [0.1, 0.15) is 18.9 Å². The minimum Gasteiger partial charge on any atom is -0.375 e. The summed E-state index contributed by atoms with van der Waals surface area (Å²) in [7, 11) is 0. The topological polar surface area (TPSA) is 80.8 Å². The van der Waals surface area contributed by atoms with Crippen molar-refractivity contribution in [3.63, 3.8) is 0 Å². The van der Waals surface area contributed by atoms with Crippen molar-refractivity contribution in [2.24, 2.45) is 0 Å². The molecule has 2 rings (SSSR count). The Morgan fingerprint density at radius 3 is 2.59 bits per heavy atom. The number of benzene rings is 1. The highest BCUT2D eigenvalue weighted by molar-refractivity contribution is 6.04. The number of carbonyl (C=O) groups excluding carboxylic acids is 4. The molecule has 0 aromatic heterocycles. The number of esters is 1. The summed E-state index contributed by atoms with van der Waals surface area (Å²) in [5, 5.41) is 0. The summed E-state index contributed by atoms with van der Waals surface area (Å²) < 4.78 is 4.53. The Labute approximate surface area is 127 Å². The first-order valence-corrected chi connectivity index (χ1v) is 6.87. The van der Waals surface area contributed by atoms with E-state index in [0.29, 0.717) is 6.42 Å². The van der Waals surface area contributed by atoms with Gasteiger partial charge in [-0.3, -0.25) is 9.69 Å². The van der Waals surface area contributed by atoms with Gasteiger partial charge in [0.1, 0.15) is 12.0 Å². The first-order chi connectivity index (χ1) is 10.5. The molecule has 22 heavy (non-hydrogen) atoms. The molecule has 1 aromatic rings. The van der Waals surface area contributed by atoms with Crippen molar-refractivity contribution >= 4 is 23.8 Å². The van der Waals surface area contributed by atoms with Crippen LogP contribution in [0.15, 0.2) is 36.4 Å². The molecule has 0 spiro atoms. The molecule has 1 saturated heterocycles. The molecule has 2 atom stereocenters. The maximum Gasteiger partial charge on any atom is 0.418 e. The molecule has 1 amide bonds. The largest absolute Gasteiger partial charge is 0.418 e. The van der Waals surface area contributed by atoms with Gasteiger partial charge in [0.15, 0.2) is 5.78 Å². The molecule has 114 valence electrons. The van der Waals surface area contributed by atoms with Crippen molar-refractivity contribution in [2.45, 2.75) is 31.8 Å². The summed E-state index contributed by atoms with van der Waals surface area (Å²) in [4.78, 5) is 46.8. The molecular weight excluding hydrogens is 286 g/mol. The molecule has 1 fully saturated rings. The number of aryl methyl sites for hydroxylation is 1. The lowest BCUT2D eigenvalue weighted by atomic mass is 10.00. The summed E-state index contributed by atoms with van der Waals surface area (Å²) in [6.45, 7) is 1.49. The molecule has 0 unspecified atom stereocenters. The maximum atomic E-state index is 12.1. The SMILES string of the molecule is C[C@H]1C(=O)OC(=O)N1[C@@H](CCc1ccccc1)C(=O)C=C=O. The van der Waals surface area contributed by atoms with Crippen molar-refractivity contribution < 1.29 is 23.9 Å². The van der Waals surface area contributed by atoms with Crippen LogP contribution in [0.4, 0.5) is 4.79 Å². The molecule has 1 aliphatic rings. The Hall–Kier alpha value is -2.72. The highest BCUT2D eigenvalue weighted by Crippen LogP contribution is 2.21. The van der Waals surface area contributed by atoms with Crippen LogP contribution in [0.2, 0.25) is 0 Å². The van der Waals surface area contributed by atoms with Gasteiger partial charge in [-0.2, -0.15) is 0 Å². The predicted molar refractivity (Wildman–Crippen MR) is 76.6 cm³/mol. The van der Waals surface area contributed by atoms with Crippen molar-refractivity contribution in [3.05, 3.63) is 42.0 Å². The van der Waals surface area contributed by atoms with E-state index in [9.17, 15) is 19.2 Å². The molecule has 6 heteroatoms. The minimum absolute atomic E-state index is 0.285. The summed E-state index contributed by atoms with van der Waals surface area (Å²) in [6, 6.07) is 7.64. The van der Waals surface area contributed by atoms with E-state index in [2.05, 4.69) is 4.74 Å².